The summed E-state index contributed by atoms with van der Waals surface area (Å²) in [7, 11) is 0. The van der Waals surface area contributed by atoms with Crippen molar-refractivity contribution in [2.24, 2.45) is 11.7 Å². The van der Waals surface area contributed by atoms with Gasteiger partial charge in [0.05, 0.1) is 6.04 Å². The van der Waals surface area contributed by atoms with Crippen molar-refractivity contribution >= 4 is 5.91 Å². The van der Waals surface area contributed by atoms with Gasteiger partial charge in [0.25, 0.3) is 0 Å². The Morgan fingerprint density at radius 3 is 2.67 bits per heavy atom. The Morgan fingerprint density at radius 1 is 1.33 bits per heavy atom. The van der Waals surface area contributed by atoms with Crippen molar-refractivity contribution in [3.63, 3.8) is 0 Å². The normalized spacial score (nSPS) is 16.9. The molecule has 3 heteroatoms. The lowest BCUT2D eigenvalue weighted by Gasteiger charge is -2.25. The fraction of sp³-hybridized carbons (Fsp3) is 0.533. The molecular weight excluding hydrogens is 224 g/mol. The van der Waals surface area contributed by atoms with E-state index in [0.717, 1.165) is 24.4 Å². The highest BCUT2D eigenvalue weighted by Gasteiger charge is 2.18. The largest absolute Gasteiger partial charge is 0.355 e. The van der Waals surface area contributed by atoms with Gasteiger partial charge in [-0.3, -0.25) is 4.79 Å². The summed E-state index contributed by atoms with van der Waals surface area (Å²) in [5.74, 6) is 0.800. The smallest absolute Gasteiger partial charge is 0.237 e. The Morgan fingerprint density at radius 2 is 2.06 bits per heavy atom. The van der Waals surface area contributed by atoms with Crippen molar-refractivity contribution in [2.45, 2.75) is 38.1 Å². The minimum atomic E-state index is -0.436. The van der Waals surface area contributed by atoms with Crippen LogP contribution in [-0.2, 0) is 11.2 Å². The number of hydrogen-bond donors (Lipinski definition) is 2. The molecule has 0 aliphatic heterocycles. The zero-order valence-corrected chi connectivity index (χ0v) is 10.8. The summed E-state index contributed by atoms with van der Waals surface area (Å²) in [6, 6.07) is 9.47. The van der Waals surface area contributed by atoms with Crippen molar-refractivity contribution in [3.8, 4) is 0 Å². The first-order valence-corrected chi connectivity index (χ1v) is 6.83. The van der Waals surface area contributed by atoms with Gasteiger partial charge < -0.3 is 11.1 Å². The van der Waals surface area contributed by atoms with E-state index in [0.29, 0.717) is 6.42 Å². The van der Waals surface area contributed by atoms with Crippen LogP contribution < -0.4 is 11.1 Å². The monoisotopic (exact) mass is 246 g/mol. The zero-order valence-electron chi connectivity index (χ0n) is 10.8. The number of benzene rings is 1. The Kier molecular flexibility index (Phi) is 4.76. The van der Waals surface area contributed by atoms with Gasteiger partial charge in [-0.1, -0.05) is 49.6 Å². The fourth-order valence-corrected chi connectivity index (χ4v) is 2.27. The molecule has 1 aliphatic rings. The molecule has 0 bridgehead atoms. The number of nitrogens with one attached hydrogen (secondary N) is 1. The third-order valence-corrected chi connectivity index (χ3v) is 3.71. The number of rotatable bonds is 6. The molecule has 1 atom stereocenters. The van der Waals surface area contributed by atoms with Crippen LogP contribution >= 0.6 is 0 Å². The van der Waals surface area contributed by atoms with E-state index in [4.69, 9.17) is 5.73 Å². The second-order valence-electron chi connectivity index (χ2n) is 5.17. The molecule has 0 unspecified atom stereocenters. The predicted octanol–water partition coefficient (Wildman–Crippen LogP) is 1.86. The highest BCUT2D eigenvalue weighted by atomic mass is 16.2. The molecular formula is C15H22N2O. The van der Waals surface area contributed by atoms with Gasteiger partial charge in [0.15, 0.2) is 0 Å². The SMILES string of the molecule is N[C@H](Cc1ccccc1)C(=O)NCCC1CCC1. The highest BCUT2D eigenvalue weighted by Crippen LogP contribution is 2.28. The molecule has 0 aromatic heterocycles. The van der Waals surface area contributed by atoms with Gasteiger partial charge in [-0.15, -0.1) is 0 Å². The van der Waals surface area contributed by atoms with Gasteiger partial charge >= 0.3 is 0 Å². The van der Waals surface area contributed by atoms with Crippen molar-refractivity contribution in [1.29, 1.82) is 0 Å². The van der Waals surface area contributed by atoms with Crippen LogP contribution in [0.5, 0.6) is 0 Å². The Labute approximate surface area is 109 Å². The molecule has 2 rings (SSSR count). The van der Waals surface area contributed by atoms with Crippen molar-refractivity contribution in [3.05, 3.63) is 35.9 Å². The van der Waals surface area contributed by atoms with E-state index in [2.05, 4.69) is 5.32 Å². The van der Waals surface area contributed by atoms with Gasteiger partial charge in [-0.25, -0.2) is 0 Å². The molecule has 0 heterocycles. The van der Waals surface area contributed by atoms with E-state index in [1.54, 1.807) is 0 Å². The molecule has 1 aliphatic carbocycles. The minimum absolute atomic E-state index is 0.0295. The topological polar surface area (TPSA) is 55.1 Å². The summed E-state index contributed by atoms with van der Waals surface area (Å²) in [5, 5.41) is 2.94. The molecule has 1 saturated carbocycles. The van der Waals surface area contributed by atoms with Crippen molar-refractivity contribution in [2.75, 3.05) is 6.54 Å². The number of carbonyl (C=O) groups excluding carboxylic acids is 1. The molecule has 3 nitrogen and oxygen atoms in total. The molecule has 18 heavy (non-hydrogen) atoms. The van der Waals surface area contributed by atoms with Gasteiger partial charge in [0, 0.05) is 6.54 Å². The van der Waals surface area contributed by atoms with Crippen molar-refractivity contribution in [1.82, 2.24) is 5.32 Å². The Hall–Kier alpha value is -1.35. The van der Waals surface area contributed by atoms with Crippen LogP contribution in [0.4, 0.5) is 0 Å². The second kappa shape index (κ2) is 6.55. The average Bonchev–Trinajstić information content (AvgIpc) is 2.33. The highest BCUT2D eigenvalue weighted by molar-refractivity contribution is 5.81. The van der Waals surface area contributed by atoms with Crippen LogP contribution in [0, 0.1) is 5.92 Å². The van der Waals surface area contributed by atoms with E-state index < -0.39 is 6.04 Å². The van der Waals surface area contributed by atoms with Crippen LogP contribution in [0.25, 0.3) is 0 Å². The first-order valence-electron chi connectivity index (χ1n) is 6.83. The summed E-state index contributed by atoms with van der Waals surface area (Å²) < 4.78 is 0. The quantitative estimate of drug-likeness (QED) is 0.805. The predicted molar refractivity (Wildman–Crippen MR) is 73.1 cm³/mol. The molecule has 1 amide bonds. The third kappa shape index (κ3) is 3.84. The first-order chi connectivity index (χ1) is 8.75. The Bertz CT molecular complexity index is 373. The summed E-state index contributed by atoms with van der Waals surface area (Å²) >= 11 is 0. The first kappa shape index (κ1) is 13.1. The summed E-state index contributed by atoms with van der Waals surface area (Å²) in [6.45, 7) is 0.770. The number of nitrogens with two attached hydrogens (primary N) is 1. The average molecular weight is 246 g/mol. The van der Waals surface area contributed by atoms with Gasteiger partial charge in [0.2, 0.25) is 5.91 Å². The van der Waals surface area contributed by atoms with E-state index in [1.165, 1.54) is 19.3 Å². The standard InChI is InChI=1S/C15H22N2O/c16-14(11-13-5-2-1-3-6-13)15(18)17-10-9-12-7-4-8-12/h1-3,5-6,12,14H,4,7-11,16H2,(H,17,18)/t14-/m1/s1. The molecule has 1 aromatic carbocycles. The van der Waals surface area contributed by atoms with Gasteiger partial charge in [0.1, 0.15) is 0 Å². The van der Waals surface area contributed by atoms with E-state index in [9.17, 15) is 4.79 Å². The second-order valence-corrected chi connectivity index (χ2v) is 5.17. The fourth-order valence-electron chi connectivity index (χ4n) is 2.27. The molecule has 0 saturated heterocycles. The maximum atomic E-state index is 11.8. The van der Waals surface area contributed by atoms with E-state index >= 15 is 0 Å². The van der Waals surface area contributed by atoms with E-state index in [1.807, 2.05) is 30.3 Å². The number of carbonyl (C=O) groups is 1. The van der Waals surface area contributed by atoms with Gasteiger partial charge in [-0.05, 0) is 24.3 Å². The third-order valence-electron chi connectivity index (χ3n) is 3.71. The van der Waals surface area contributed by atoms with Crippen LogP contribution in [0.1, 0.15) is 31.2 Å². The summed E-state index contributed by atoms with van der Waals surface area (Å²) in [5.41, 5.74) is 7.01. The maximum Gasteiger partial charge on any atom is 0.237 e. The molecule has 0 radical (unpaired) electrons. The summed E-state index contributed by atoms with van der Waals surface area (Å²) in [6.07, 6.45) is 5.71. The molecule has 3 N–H and O–H groups in total. The lowest BCUT2D eigenvalue weighted by Crippen LogP contribution is -2.42. The number of amides is 1. The lowest BCUT2D eigenvalue weighted by atomic mass is 9.83. The van der Waals surface area contributed by atoms with Crippen molar-refractivity contribution < 1.29 is 4.79 Å². The number of hydrogen-bond acceptors (Lipinski definition) is 2. The molecule has 98 valence electrons. The summed E-state index contributed by atoms with van der Waals surface area (Å²) in [4.78, 5) is 11.8. The Balaban J connectivity index is 1.67. The minimum Gasteiger partial charge on any atom is -0.355 e. The molecule has 1 aromatic rings. The maximum absolute atomic E-state index is 11.8. The van der Waals surface area contributed by atoms with Crippen LogP contribution in [0.3, 0.4) is 0 Å². The molecule has 0 spiro atoms. The van der Waals surface area contributed by atoms with E-state index in [-0.39, 0.29) is 5.91 Å². The molecule has 1 fully saturated rings. The van der Waals surface area contributed by atoms with Crippen LogP contribution in [0.2, 0.25) is 0 Å². The van der Waals surface area contributed by atoms with Crippen LogP contribution in [-0.4, -0.2) is 18.5 Å². The van der Waals surface area contributed by atoms with Crippen LogP contribution in [0.15, 0.2) is 30.3 Å². The van der Waals surface area contributed by atoms with Gasteiger partial charge in [-0.2, -0.15) is 0 Å². The lowest BCUT2D eigenvalue weighted by molar-refractivity contribution is -0.122. The zero-order chi connectivity index (χ0) is 12.8.